The lowest BCUT2D eigenvalue weighted by Crippen LogP contribution is -2.10. The Kier molecular flexibility index (Phi) is 5.02. The fourth-order valence-corrected chi connectivity index (χ4v) is 1.26. The molecule has 0 saturated carbocycles. The smallest absolute Gasteiger partial charge is 0.333 e. The van der Waals surface area contributed by atoms with Crippen molar-refractivity contribution in [1.29, 1.82) is 0 Å². The van der Waals surface area contributed by atoms with Crippen LogP contribution in [0.1, 0.15) is 6.42 Å². The second-order valence-electron chi connectivity index (χ2n) is 2.64. The highest BCUT2D eigenvalue weighted by Crippen LogP contribution is 2.24. The molecule has 15 heavy (non-hydrogen) atoms. The molecule has 0 fully saturated rings. The first-order valence-corrected chi connectivity index (χ1v) is 5.39. The molecule has 1 N–H and O–H groups in total. The second-order valence-corrected chi connectivity index (χ2v) is 3.84. The van der Waals surface area contributed by atoms with Gasteiger partial charge in [0.2, 0.25) is 0 Å². The van der Waals surface area contributed by atoms with Crippen LogP contribution in [0.25, 0.3) is 0 Å². The summed E-state index contributed by atoms with van der Waals surface area (Å²) in [6.45, 7) is 0. The van der Waals surface area contributed by atoms with E-state index in [4.69, 9.17) is 34.8 Å². The van der Waals surface area contributed by atoms with E-state index >= 15 is 0 Å². The molecule has 0 saturated heterocycles. The summed E-state index contributed by atoms with van der Waals surface area (Å²) in [6, 6.07) is 4.79. The van der Waals surface area contributed by atoms with Crippen LogP contribution in [0.2, 0.25) is 10.0 Å². The van der Waals surface area contributed by atoms with Crippen LogP contribution in [0.4, 0.5) is 5.69 Å². The molecule has 1 aromatic rings. The Hall–Kier alpha value is -0.640. The summed E-state index contributed by atoms with van der Waals surface area (Å²) < 4.78 is 0. The van der Waals surface area contributed by atoms with Crippen LogP contribution in [0.3, 0.4) is 0 Å². The van der Waals surface area contributed by atoms with E-state index in [2.05, 4.69) is 10.3 Å². The Morgan fingerprint density at radius 3 is 2.67 bits per heavy atom. The van der Waals surface area contributed by atoms with Crippen molar-refractivity contribution in [3.8, 4) is 0 Å². The number of carbonyl (C=O) groups excluding carboxylic acids is 1. The van der Waals surface area contributed by atoms with E-state index in [1.807, 2.05) is 0 Å². The molecule has 0 amide bonds. The lowest BCUT2D eigenvalue weighted by Gasteiger charge is -2.06. The van der Waals surface area contributed by atoms with Gasteiger partial charge in [-0.05, 0) is 18.2 Å². The number of benzene rings is 1. The van der Waals surface area contributed by atoms with Crippen molar-refractivity contribution >= 4 is 46.5 Å². The number of rotatable bonds is 4. The summed E-state index contributed by atoms with van der Waals surface area (Å²) in [5.41, 5.74) is 2.99. The second kappa shape index (κ2) is 6.05. The Morgan fingerprint density at radius 2 is 2.07 bits per heavy atom. The summed E-state index contributed by atoms with van der Waals surface area (Å²) in [7, 11) is 0. The maximum atomic E-state index is 10.9. The van der Waals surface area contributed by atoms with Crippen LogP contribution in [-0.2, 0) is 9.63 Å². The summed E-state index contributed by atoms with van der Waals surface area (Å²) in [5.74, 6) is -0.210. The average Bonchev–Trinajstić information content (AvgIpc) is 2.20. The molecule has 0 aliphatic carbocycles. The maximum Gasteiger partial charge on any atom is 0.333 e. The third-order valence-electron chi connectivity index (χ3n) is 1.50. The van der Waals surface area contributed by atoms with Gasteiger partial charge in [-0.3, -0.25) is 0 Å². The highest BCUT2D eigenvalue weighted by molar-refractivity contribution is 6.42. The molecular formula is C9H8Cl3NO2. The van der Waals surface area contributed by atoms with Gasteiger partial charge >= 0.3 is 5.97 Å². The number of nitrogens with one attached hydrogen (secondary N) is 1. The summed E-state index contributed by atoms with van der Waals surface area (Å²) in [4.78, 5) is 15.6. The molecule has 0 unspecified atom stereocenters. The van der Waals surface area contributed by atoms with Crippen LogP contribution in [0.5, 0.6) is 0 Å². The maximum absolute atomic E-state index is 10.9. The van der Waals surface area contributed by atoms with E-state index < -0.39 is 5.97 Å². The van der Waals surface area contributed by atoms with Gasteiger partial charge in [0.05, 0.1) is 22.2 Å². The van der Waals surface area contributed by atoms with Crippen molar-refractivity contribution in [3.63, 3.8) is 0 Å². The van der Waals surface area contributed by atoms with Gasteiger partial charge in [0, 0.05) is 5.88 Å². The van der Waals surface area contributed by atoms with Crippen LogP contribution in [-0.4, -0.2) is 11.8 Å². The molecule has 0 atom stereocenters. The zero-order valence-corrected chi connectivity index (χ0v) is 9.86. The van der Waals surface area contributed by atoms with E-state index in [1.54, 1.807) is 18.2 Å². The van der Waals surface area contributed by atoms with E-state index in [9.17, 15) is 4.79 Å². The Bertz CT molecular complexity index is 357. The number of anilines is 1. The molecule has 0 aliphatic heterocycles. The van der Waals surface area contributed by atoms with Gasteiger partial charge in [-0.2, -0.15) is 0 Å². The number of carbonyl (C=O) groups is 1. The fraction of sp³-hybridized carbons (Fsp3) is 0.222. The minimum Gasteiger partial charge on any atom is -0.343 e. The SMILES string of the molecule is O=C(CCCl)ONc1ccc(Cl)c(Cl)c1. The Morgan fingerprint density at radius 1 is 1.33 bits per heavy atom. The lowest BCUT2D eigenvalue weighted by atomic mass is 10.3. The monoisotopic (exact) mass is 267 g/mol. The molecule has 1 aromatic carbocycles. The predicted molar refractivity (Wildman–Crippen MR) is 61.5 cm³/mol. The fourth-order valence-electron chi connectivity index (χ4n) is 0.804. The minimum atomic E-state index is -0.434. The van der Waals surface area contributed by atoms with Crippen molar-refractivity contribution in [1.82, 2.24) is 0 Å². The molecule has 82 valence electrons. The molecule has 0 spiro atoms. The van der Waals surface area contributed by atoms with Gasteiger partial charge < -0.3 is 4.84 Å². The molecule has 0 bridgehead atoms. The highest BCUT2D eigenvalue weighted by Gasteiger charge is 2.03. The van der Waals surface area contributed by atoms with Gasteiger partial charge in [0.25, 0.3) is 0 Å². The molecule has 0 aliphatic rings. The molecule has 0 aromatic heterocycles. The molecular weight excluding hydrogens is 260 g/mol. The first-order valence-electron chi connectivity index (χ1n) is 4.10. The zero-order chi connectivity index (χ0) is 11.3. The first-order chi connectivity index (χ1) is 7.13. The van der Waals surface area contributed by atoms with Crippen molar-refractivity contribution in [2.75, 3.05) is 11.4 Å². The predicted octanol–water partition coefficient (Wildman–Crippen LogP) is 3.49. The van der Waals surface area contributed by atoms with Crippen LogP contribution in [0, 0.1) is 0 Å². The van der Waals surface area contributed by atoms with Gasteiger partial charge in [-0.15, -0.1) is 11.6 Å². The molecule has 0 radical (unpaired) electrons. The minimum absolute atomic E-state index is 0.149. The van der Waals surface area contributed by atoms with Crippen molar-refractivity contribution < 1.29 is 9.63 Å². The van der Waals surface area contributed by atoms with Gasteiger partial charge in [0.15, 0.2) is 0 Å². The first kappa shape index (κ1) is 12.4. The number of alkyl halides is 1. The number of hydrogen-bond donors (Lipinski definition) is 1. The van der Waals surface area contributed by atoms with Gasteiger partial charge in [0.1, 0.15) is 0 Å². The standard InChI is InChI=1S/C9H8Cl3NO2/c10-4-3-9(14)15-13-6-1-2-7(11)8(12)5-6/h1-2,5,13H,3-4H2. The molecule has 0 heterocycles. The van der Waals surface area contributed by atoms with E-state index in [0.29, 0.717) is 15.7 Å². The number of hydrogen-bond acceptors (Lipinski definition) is 3. The van der Waals surface area contributed by atoms with Crippen LogP contribution in [0.15, 0.2) is 18.2 Å². The third kappa shape index (κ3) is 4.16. The Balaban J connectivity index is 2.51. The van der Waals surface area contributed by atoms with Crippen molar-refractivity contribution in [3.05, 3.63) is 28.2 Å². The lowest BCUT2D eigenvalue weighted by molar-refractivity contribution is -0.140. The Labute approximate surface area is 102 Å². The quantitative estimate of drug-likeness (QED) is 0.671. The molecule has 6 heteroatoms. The van der Waals surface area contributed by atoms with Crippen LogP contribution >= 0.6 is 34.8 Å². The summed E-state index contributed by atoms with van der Waals surface area (Å²) in [6.07, 6.45) is 0.149. The molecule has 1 rings (SSSR count). The van der Waals surface area contributed by atoms with Crippen molar-refractivity contribution in [2.45, 2.75) is 6.42 Å². The van der Waals surface area contributed by atoms with Crippen LogP contribution < -0.4 is 5.48 Å². The van der Waals surface area contributed by atoms with Crippen molar-refractivity contribution in [2.24, 2.45) is 0 Å². The van der Waals surface area contributed by atoms with E-state index in [-0.39, 0.29) is 12.3 Å². The normalized spacial score (nSPS) is 9.80. The third-order valence-corrected chi connectivity index (χ3v) is 2.43. The van der Waals surface area contributed by atoms with Gasteiger partial charge in [-0.1, -0.05) is 23.2 Å². The van der Waals surface area contributed by atoms with E-state index in [0.717, 1.165) is 0 Å². The van der Waals surface area contributed by atoms with E-state index in [1.165, 1.54) is 0 Å². The summed E-state index contributed by atoms with van der Waals surface area (Å²) >= 11 is 16.8. The number of halogens is 3. The zero-order valence-electron chi connectivity index (χ0n) is 7.60. The molecule has 3 nitrogen and oxygen atoms in total. The average molecular weight is 269 g/mol. The highest BCUT2D eigenvalue weighted by atomic mass is 35.5. The van der Waals surface area contributed by atoms with Gasteiger partial charge in [-0.25, -0.2) is 10.3 Å². The summed E-state index contributed by atoms with van der Waals surface area (Å²) in [5, 5.41) is 0.823. The largest absolute Gasteiger partial charge is 0.343 e. The topological polar surface area (TPSA) is 38.3 Å².